The number of benzene rings is 1. The molecule has 0 bridgehead atoms. The summed E-state index contributed by atoms with van der Waals surface area (Å²) in [4.78, 5) is 0. The molecule has 18 heavy (non-hydrogen) atoms. The topological polar surface area (TPSA) is 24.1 Å². The first-order chi connectivity index (χ1) is 8.00. The lowest BCUT2D eigenvalue weighted by atomic mass is 10.0. The third kappa shape index (κ3) is 3.29. The second-order valence-corrected chi connectivity index (χ2v) is 4.30. The molecule has 7 heteroatoms. The standard InChI is InChI=1S/C11H12ClF3N2.ClH/c12-10-7(9-6-16-4-5-17-9)2-1-3-8(10)11(13,14)15;/h1-3,9,16-17H,4-6H2;1H/t9-;/m0./s1. The summed E-state index contributed by atoms with van der Waals surface area (Å²) in [6, 6.07) is 3.85. The summed E-state index contributed by atoms with van der Waals surface area (Å²) >= 11 is 5.84. The van der Waals surface area contributed by atoms with E-state index in [0.717, 1.165) is 19.2 Å². The fourth-order valence-corrected chi connectivity index (χ4v) is 2.28. The zero-order valence-corrected chi connectivity index (χ0v) is 10.9. The molecule has 0 aromatic heterocycles. The van der Waals surface area contributed by atoms with Crippen molar-refractivity contribution >= 4 is 24.0 Å². The highest BCUT2D eigenvalue weighted by molar-refractivity contribution is 6.32. The van der Waals surface area contributed by atoms with E-state index in [1.54, 1.807) is 6.07 Å². The maximum atomic E-state index is 12.7. The third-order valence-electron chi connectivity index (χ3n) is 2.75. The van der Waals surface area contributed by atoms with Crippen molar-refractivity contribution in [3.05, 3.63) is 34.3 Å². The van der Waals surface area contributed by atoms with Crippen LogP contribution in [0, 0.1) is 0 Å². The van der Waals surface area contributed by atoms with E-state index in [9.17, 15) is 13.2 Å². The molecule has 1 fully saturated rings. The zero-order valence-electron chi connectivity index (χ0n) is 9.35. The molecule has 0 spiro atoms. The Morgan fingerprint density at radius 3 is 2.50 bits per heavy atom. The van der Waals surface area contributed by atoms with Crippen LogP contribution >= 0.6 is 24.0 Å². The van der Waals surface area contributed by atoms with Gasteiger partial charge in [-0.15, -0.1) is 12.4 Å². The maximum absolute atomic E-state index is 12.7. The van der Waals surface area contributed by atoms with Crippen molar-refractivity contribution in [2.75, 3.05) is 19.6 Å². The molecule has 2 rings (SSSR count). The molecule has 2 nitrogen and oxygen atoms in total. The van der Waals surface area contributed by atoms with Crippen LogP contribution in [0.5, 0.6) is 0 Å². The highest BCUT2D eigenvalue weighted by atomic mass is 35.5. The molecule has 0 saturated carbocycles. The minimum atomic E-state index is -4.41. The summed E-state index contributed by atoms with van der Waals surface area (Å²) < 4.78 is 38.0. The molecule has 0 amide bonds. The van der Waals surface area contributed by atoms with Gasteiger partial charge < -0.3 is 10.6 Å². The van der Waals surface area contributed by atoms with Crippen molar-refractivity contribution < 1.29 is 13.2 Å². The van der Waals surface area contributed by atoms with Gasteiger partial charge in [0.2, 0.25) is 0 Å². The lowest BCUT2D eigenvalue weighted by Gasteiger charge is -2.26. The molecule has 1 atom stereocenters. The first-order valence-electron chi connectivity index (χ1n) is 5.30. The molecule has 1 aliphatic heterocycles. The first kappa shape index (κ1) is 15.6. The van der Waals surface area contributed by atoms with Gasteiger partial charge in [0.15, 0.2) is 0 Å². The van der Waals surface area contributed by atoms with Gasteiger partial charge in [-0.05, 0) is 11.6 Å². The quantitative estimate of drug-likeness (QED) is 0.833. The van der Waals surface area contributed by atoms with Crippen LogP contribution in [0.4, 0.5) is 13.2 Å². The third-order valence-corrected chi connectivity index (χ3v) is 3.17. The molecule has 2 N–H and O–H groups in total. The number of hydrogen-bond acceptors (Lipinski definition) is 2. The van der Waals surface area contributed by atoms with Gasteiger partial charge in [0.05, 0.1) is 10.6 Å². The van der Waals surface area contributed by atoms with Crippen molar-refractivity contribution in [3.8, 4) is 0 Å². The number of rotatable bonds is 1. The Balaban J connectivity index is 0.00000162. The molecule has 1 aliphatic rings. The van der Waals surface area contributed by atoms with E-state index in [-0.39, 0.29) is 23.5 Å². The van der Waals surface area contributed by atoms with Crippen LogP contribution in [0.3, 0.4) is 0 Å². The van der Waals surface area contributed by atoms with Crippen molar-refractivity contribution in [2.24, 2.45) is 0 Å². The van der Waals surface area contributed by atoms with Gasteiger partial charge >= 0.3 is 6.18 Å². The van der Waals surface area contributed by atoms with Gasteiger partial charge in [-0.3, -0.25) is 0 Å². The molecular weight excluding hydrogens is 288 g/mol. The summed E-state index contributed by atoms with van der Waals surface area (Å²) in [6.07, 6.45) is -4.41. The fraction of sp³-hybridized carbons (Fsp3) is 0.455. The van der Waals surface area contributed by atoms with Gasteiger partial charge in [-0.2, -0.15) is 13.2 Å². The van der Waals surface area contributed by atoms with Crippen molar-refractivity contribution in [3.63, 3.8) is 0 Å². The smallest absolute Gasteiger partial charge is 0.314 e. The molecule has 1 aromatic carbocycles. The van der Waals surface area contributed by atoms with Crippen LogP contribution < -0.4 is 10.6 Å². The van der Waals surface area contributed by atoms with Gasteiger partial charge in [-0.1, -0.05) is 23.7 Å². The number of alkyl halides is 3. The monoisotopic (exact) mass is 300 g/mol. The number of nitrogens with one attached hydrogen (secondary N) is 2. The minimum absolute atomic E-state index is 0. The van der Waals surface area contributed by atoms with Crippen molar-refractivity contribution in [1.29, 1.82) is 0 Å². The zero-order chi connectivity index (χ0) is 12.5. The van der Waals surface area contributed by atoms with Crippen molar-refractivity contribution in [2.45, 2.75) is 12.2 Å². The molecule has 1 saturated heterocycles. The van der Waals surface area contributed by atoms with E-state index in [1.165, 1.54) is 6.07 Å². The Morgan fingerprint density at radius 1 is 1.22 bits per heavy atom. The fourth-order valence-electron chi connectivity index (χ4n) is 1.91. The molecule has 1 heterocycles. The lowest BCUT2D eigenvalue weighted by molar-refractivity contribution is -0.137. The maximum Gasteiger partial charge on any atom is 0.417 e. The first-order valence-corrected chi connectivity index (χ1v) is 5.67. The Hall–Kier alpha value is -0.490. The Morgan fingerprint density at radius 2 is 1.94 bits per heavy atom. The highest BCUT2D eigenvalue weighted by Crippen LogP contribution is 2.37. The van der Waals surface area contributed by atoms with E-state index in [1.807, 2.05) is 0 Å². The van der Waals surface area contributed by atoms with Crippen LogP contribution in [0.2, 0.25) is 5.02 Å². The van der Waals surface area contributed by atoms with Crippen LogP contribution in [0.1, 0.15) is 17.2 Å². The molecule has 0 radical (unpaired) electrons. The molecule has 0 unspecified atom stereocenters. The van der Waals surface area contributed by atoms with Crippen LogP contribution in [0.25, 0.3) is 0 Å². The summed E-state index contributed by atoms with van der Waals surface area (Å²) in [5, 5.41) is 6.05. The van der Waals surface area contributed by atoms with Gasteiger partial charge in [-0.25, -0.2) is 0 Å². The second kappa shape index (κ2) is 6.10. The predicted molar refractivity (Wildman–Crippen MR) is 67.3 cm³/mol. The molecule has 0 aliphatic carbocycles. The predicted octanol–water partition coefficient (Wildman–Crippen LogP) is 3.01. The van der Waals surface area contributed by atoms with E-state index >= 15 is 0 Å². The summed E-state index contributed by atoms with van der Waals surface area (Å²) in [6.45, 7) is 2.12. The summed E-state index contributed by atoms with van der Waals surface area (Å²) in [5.41, 5.74) is -0.280. The summed E-state index contributed by atoms with van der Waals surface area (Å²) in [5.74, 6) is 0. The Labute approximate surface area is 114 Å². The van der Waals surface area contributed by atoms with E-state index in [4.69, 9.17) is 11.6 Å². The van der Waals surface area contributed by atoms with E-state index in [0.29, 0.717) is 12.1 Å². The van der Waals surface area contributed by atoms with Crippen LogP contribution in [-0.4, -0.2) is 19.6 Å². The molecule has 1 aromatic rings. The number of halogens is 5. The van der Waals surface area contributed by atoms with Gasteiger partial charge in [0.25, 0.3) is 0 Å². The van der Waals surface area contributed by atoms with E-state index < -0.39 is 11.7 Å². The van der Waals surface area contributed by atoms with Crippen LogP contribution in [0.15, 0.2) is 18.2 Å². The average Bonchev–Trinajstić information content (AvgIpc) is 2.29. The Kier molecular flexibility index (Phi) is 5.28. The molecular formula is C11H13Cl2F3N2. The lowest BCUT2D eigenvalue weighted by Crippen LogP contribution is -2.42. The second-order valence-electron chi connectivity index (χ2n) is 3.92. The van der Waals surface area contributed by atoms with Crippen molar-refractivity contribution in [1.82, 2.24) is 10.6 Å². The molecule has 102 valence electrons. The Bertz CT molecular complexity index is 404. The normalized spacial score (nSPS) is 20.3. The minimum Gasteiger partial charge on any atom is -0.314 e. The van der Waals surface area contributed by atoms with Crippen LogP contribution in [-0.2, 0) is 6.18 Å². The highest BCUT2D eigenvalue weighted by Gasteiger charge is 2.34. The largest absolute Gasteiger partial charge is 0.417 e. The number of piperazine rings is 1. The van der Waals surface area contributed by atoms with Gasteiger partial charge in [0.1, 0.15) is 0 Å². The SMILES string of the molecule is Cl.FC(F)(F)c1cccc([C@@H]2CNCCN2)c1Cl. The summed E-state index contributed by atoms with van der Waals surface area (Å²) in [7, 11) is 0. The number of hydrogen-bond donors (Lipinski definition) is 2. The van der Waals surface area contributed by atoms with Gasteiger partial charge in [0, 0.05) is 25.7 Å². The average molecular weight is 301 g/mol. The van der Waals surface area contributed by atoms with E-state index in [2.05, 4.69) is 10.6 Å².